The zero-order chi connectivity index (χ0) is 14.1. The van der Waals surface area contributed by atoms with Gasteiger partial charge in [-0.15, -0.1) is 10.2 Å². The van der Waals surface area contributed by atoms with Crippen molar-refractivity contribution in [3.63, 3.8) is 0 Å². The van der Waals surface area contributed by atoms with Crippen LogP contribution in [0.2, 0.25) is 5.02 Å². The molecule has 1 aliphatic rings. The van der Waals surface area contributed by atoms with E-state index in [1.165, 1.54) is 12.8 Å². The second-order valence-corrected chi connectivity index (χ2v) is 5.51. The molecule has 1 heterocycles. The molecular weight excluding hydrogens is 276 g/mol. The van der Waals surface area contributed by atoms with Crippen molar-refractivity contribution in [2.24, 2.45) is 5.73 Å². The number of rotatable bonds is 3. The highest BCUT2D eigenvalue weighted by Gasteiger charge is 2.21. The molecule has 104 valence electrons. The van der Waals surface area contributed by atoms with E-state index in [-0.39, 0.29) is 5.69 Å². The Bertz CT molecular complexity index is 668. The van der Waals surface area contributed by atoms with E-state index >= 15 is 0 Å². The van der Waals surface area contributed by atoms with Gasteiger partial charge in [-0.25, -0.2) is 0 Å². The van der Waals surface area contributed by atoms with Crippen LogP contribution in [0.25, 0.3) is 10.9 Å². The van der Waals surface area contributed by atoms with Gasteiger partial charge in [0, 0.05) is 16.5 Å². The Morgan fingerprint density at radius 2 is 2.05 bits per heavy atom. The second kappa shape index (κ2) is 5.25. The van der Waals surface area contributed by atoms with Gasteiger partial charge in [0.2, 0.25) is 0 Å². The van der Waals surface area contributed by atoms with Crippen LogP contribution in [0.3, 0.4) is 0 Å². The Hall–Kier alpha value is -1.88. The SMILES string of the molecule is NC(=O)c1nnc2ccc(Cl)cc2c1NC1CCCC1. The van der Waals surface area contributed by atoms with Crippen LogP contribution in [-0.4, -0.2) is 22.1 Å². The van der Waals surface area contributed by atoms with Crippen LogP contribution in [0.4, 0.5) is 5.69 Å². The number of anilines is 1. The maximum atomic E-state index is 11.6. The first-order valence-electron chi connectivity index (χ1n) is 6.67. The van der Waals surface area contributed by atoms with Crippen molar-refractivity contribution < 1.29 is 4.79 Å². The fourth-order valence-electron chi connectivity index (χ4n) is 2.67. The minimum atomic E-state index is -0.583. The highest BCUT2D eigenvalue weighted by molar-refractivity contribution is 6.31. The van der Waals surface area contributed by atoms with Crippen molar-refractivity contribution in [1.82, 2.24) is 10.2 Å². The number of nitrogens with two attached hydrogens (primary N) is 1. The first-order valence-corrected chi connectivity index (χ1v) is 7.05. The number of halogens is 1. The Morgan fingerprint density at radius 3 is 2.75 bits per heavy atom. The molecule has 3 rings (SSSR count). The molecule has 0 radical (unpaired) electrons. The van der Waals surface area contributed by atoms with E-state index in [2.05, 4.69) is 15.5 Å². The minimum Gasteiger partial charge on any atom is -0.380 e. The number of primary amides is 1. The summed E-state index contributed by atoms with van der Waals surface area (Å²) in [5.74, 6) is -0.583. The van der Waals surface area contributed by atoms with Crippen LogP contribution >= 0.6 is 11.6 Å². The molecule has 5 nitrogen and oxygen atoms in total. The zero-order valence-electron chi connectivity index (χ0n) is 10.9. The van der Waals surface area contributed by atoms with Gasteiger partial charge in [0.25, 0.3) is 5.91 Å². The highest BCUT2D eigenvalue weighted by Crippen LogP contribution is 2.30. The molecule has 1 aromatic carbocycles. The summed E-state index contributed by atoms with van der Waals surface area (Å²) in [4.78, 5) is 11.6. The molecule has 0 unspecified atom stereocenters. The molecule has 1 aliphatic carbocycles. The van der Waals surface area contributed by atoms with Gasteiger partial charge in [-0.1, -0.05) is 24.4 Å². The molecule has 6 heteroatoms. The third-order valence-electron chi connectivity index (χ3n) is 3.66. The fraction of sp³-hybridized carbons (Fsp3) is 0.357. The molecule has 1 amide bonds. The van der Waals surface area contributed by atoms with Crippen LogP contribution in [-0.2, 0) is 0 Å². The molecule has 20 heavy (non-hydrogen) atoms. The van der Waals surface area contributed by atoms with E-state index in [0.717, 1.165) is 18.2 Å². The average Bonchev–Trinajstić information content (AvgIpc) is 2.92. The van der Waals surface area contributed by atoms with E-state index in [0.29, 0.717) is 22.3 Å². The maximum absolute atomic E-state index is 11.6. The maximum Gasteiger partial charge on any atom is 0.271 e. The number of benzene rings is 1. The van der Waals surface area contributed by atoms with Crippen LogP contribution in [0.5, 0.6) is 0 Å². The van der Waals surface area contributed by atoms with E-state index in [9.17, 15) is 4.79 Å². The lowest BCUT2D eigenvalue weighted by Crippen LogP contribution is -2.22. The molecule has 0 atom stereocenters. The second-order valence-electron chi connectivity index (χ2n) is 5.08. The number of amides is 1. The number of carbonyl (C=O) groups excluding carboxylic acids is 1. The third kappa shape index (κ3) is 2.41. The van der Waals surface area contributed by atoms with Gasteiger partial charge in [0.1, 0.15) is 0 Å². The summed E-state index contributed by atoms with van der Waals surface area (Å²) in [6.45, 7) is 0. The molecule has 1 saturated carbocycles. The summed E-state index contributed by atoms with van der Waals surface area (Å²) < 4.78 is 0. The van der Waals surface area contributed by atoms with E-state index in [1.54, 1.807) is 18.2 Å². The number of fused-ring (bicyclic) bond motifs is 1. The van der Waals surface area contributed by atoms with Crippen LogP contribution in [0, 0.1) is 0 Å². The van der Waals surface area contributed by atoms with Crippen LogP contribution in [0.1, 0.15) is 36.2 Å². The summed E-state index contributed by atoms with van der Waals surface area (Å²) in [7, 11) is 0. The number of hydrogen-bond donors (Lipinski definition) is 2. The summed E-state index contributed by atoms with van der Waals surface area (Å²) in [6, 6.07) is 5.67. The Morgan fingerprint density at radius 1 is 1.30 bits per heavy atom. The predicted molar refractivity (Wildman–Crippen MR) is 78.9 cm³/mol. The monoisotopic (exact) mass is 290 g/mol. The van der Waals surface area contributed by atoms with Crippen LogP contribution in [0.15, 0.2) is 18.2 Å². The number of hydrogen-bond acceptors (Lipinski definition) is 4. The molecule has 2 aromatic rings. The summed E-state index contributed by atoms with van der Waals surface area (Å²) in [6.07, 6.45) is 4.56. The highest BCUT2D eigenvalue weighted by atomic mass is 35.5. The van der Waals surface area contributed by atoms with Gasteiger partial charge >= 0.3 is 0 Å². The first-order chi connectivity index (χ1) is 9.65. The Labute approximate surface area is 121 Å². The Kier molecular flexibility index (Phi) is 3.44. The average molecular weight is 291 g/mol. The zero-order valence-corrected chi connectivity index (χ0v) is 11.7. The molecule has 3 N–H and O–H groups in total. The summed E-state index contributed by atoms with van der Waals surface area (Å²) in [5.41, 5.74) is 6.92. The van der Waals surface area contributed by atoms with Gasteiger partial charge in [-0.2, -0.15) is 0 Å². The summed E-state index contributed by atoms with van der Waals surface area (Å²) in [5, 5.41) is 12.8. The van der Waals surface area contributed by atoms with Gasteiger partial charge in [-0.05, 0) is 31.0 Å². The van der Waals surface area contributed by atoms with Crippen molar-refractivity contribution in [1.29, 1.82) is 0 Å². The van der Waals surface area contributed by atoms with Crippen molar-refractivity contribution in [2.75, 3.05) is 5.32 Å². The van der Waals surface area contributed by atoms with E-state index in [4.69, 9.17) is 17.3 Å². The molecule has 1 aromatic heterocycles. The van der Waals surface area contributed by atoms with Crippen molar-refractivity contribution in [3.05, 3.63) is 28.9 Å². The first kappa shape index (κ1) is 13.1. The predicted octanol–water partition coefficient (Wildman–Crippen LogP) is 2.74. The lowest BCUT2D eigenvalue weighted by molar-refractivity contribution is 0.0995. The van der Waals surface area contributed by atoms with Crippen molar-refractivity contribution in [2.45, 2.75) is 31.7 Å². The number of carbonyl (C=O) groups is 1. The third-order valence-corrected chi connectivity index (χ3v) is 3.89. The largest absolute Gasteiger partial charge is 0.380 e. The van der Waals surface area contributed by atoms with Gasteiger partial charge in [-0.3, -0.25) is 4.79 Å². The lowest BCUT2D eigenvalue weighted by Gasteiger charge is -2.17. The van der Waals surface area contributed by atoms with E-state index < -0.39 is 5.91 Å². The molecular formula is C14H15ClN4O. The topological polar surface area (TPSA) is 80.9 Å². The Balaban J connectivity index is 2.14. The van der Waals surface area contributed by atoms with Gasteiger partial charge in [0.05, 0.1) is 11.2 Å². The standard InChI is InChI=1S/C14H15ClN4O/c15-8-5-6-11-10(7-8)12(13(14(16)20)19-18-11)17-9-3-1-2-4-9/h5-7,9H,1-4H2,(H2,16,20)(H,17,18). The van der Waals surface area contributed by atoms with E-state index in [1.807, 2.05) is 0 Å². The number of aromatic nitrogens is 2. The van der Waals surface area contributed by atoms with Crippen LogP contribution < -0.4 is 11.1 Å². The fourth-order valence-corrected chi connectivity index (χ4v) is 2.84. The van der Waals surface area contributed by atoms with Gasteiger partial charge in [0.15, 0.2) is 5.69 Å². The smallest absolute Gasteiger partial charge is 0.271 e. The molecule has 0 aliphatic heterocycles. The normalized spacial score (nSPS) is 15.7. The quantitative estimate of drug-likeness (QED) is 0.911. The molecule has 0 bridgehead atoms. The summed E-state index contributed by atoms with van der Waals surface area (Å²) >= 11 is 6.05. The molecule has 1 fully saturated rings. The molecule has 0 spiro atoms. The minimum absolute atomic E-state index is 0.173. The lowest BCUT2D eigenvalue weighted by atomic mass is 10.1. The molecule has 0 saturated heterocycles. The van der Waals surface area contributed by atoms with Crippen molar-refractivity contribution in [3.8, 4) is 0 Å². The van der Waals surface area contributed by atoms with Gasteiger partial charge < -0.3 is 11.1 Å². The number of nitrogens with one attached hydrogen (secondary N) is 1. The van der Waals surface area contributed by atoms with Crippen molar-refractivity contribution >= 4 is 34.1 Å². The number of nitrogens with zero attached hydrogens (tertiary/aromatic N) is 2.